The summed E-state index contributed by atoms with van der Waals surface area (Å²) in [6, 6.07) is 5.62. The Morgan fingerprint density at radius 1 is 1.13 bits per heavy atom. The molecule has 0 saturated heterocycles. The smallest absolute Gasteiger partial charge is 0.229 e. The lowest BCUT2D eigenvalue weighted by Crippen LogP contribution is -1.98. The Morgan fingerprint density at radius 2 is 1.87 bits per heavy atom. The summed E-state index contributed by atoms with van der Waals surface area (Å²) in [7, 11) is 5.14. The van der Waals surface area contributed by atoms with Gasteiger partial charge in [-0.05, 0) is 46.6 Å². The Hall–Kier alpha value is -1.79. The van der Waals surface area contributed by atoms with Crippen LogP contribution in [0.1, 0.15) is 5.56 Å². The number of hydrogen-bond acceptors (Lipinski definition) is 4. The van der Waals surface area contributed by atoms with Crippen LogP contribution in [0, 0.1) is 6.92 Å². The van der Waals surface area contributed by atoms with Gasteiger partial charge in [0, 0.05) is 12.1 Å². The molecular weight excluding hydrogens is 382 g/mol. The summed E-state index contributed by atoms with van der Waals surface area (Å²) >= 11 is 9.58. The molecule has 0 amide bonds. The average Bonchev–Trinajstić information content (AvgIpc) is 2.82. The highest BCUT2D eigenvalue weighted by molar-refractivity contribution is 9.10. The monoisotopic (exact) mass is 395 g/mol. The number of benzene rings is 1. The maximum Gasteiger partial charge on any atom is 0.229 e. The van der Waals surface area contributed by atoms with Crippen molar-refractivity contribution in [2.45, 2.75) is 6.92 Å². The first-order valence-electron chi connectivity index (χ1n) is 6.87. The second-order valence-electron chi connectivity index (χ2n) is 5.12. The first-order chi connectivity index (χ1) is 11.0. The zero-order valence-electron chi connectivity index (χ0n) is 13.1. The van der Waals surface area contributed by atoms with Gasteiger partial charge in [-0.3, -0.25) is 0 Å². The Kier molecular flexibility index (Phi) is 4.21. The van der Waals surface area contributed by atoms with Crippen molar-refractivity contribution < 1.29 is 9.47 Å². The fourth-order valence-corrected chi connectivity index (χ4v) is 3.33. The van der Waals surface area contributed by atoms with Crippen LogP contribution in [0.4, 0.5) is 0 Å². The second-order valence-corrected chi connectivity index (χ2v) is 6.41. The van der Waals surface area contributed by atoms with Crippen molar-refractivity contribution in [2.24, 2.45) is 7.05 Å². The van der Waals surface area contributed by atoms with E-state index < -0.39 is 0 Å². The molecule has 0 atom stereocenters. The van der Waals surface area contributed by atoms with E-state index in [9.17, 15) is 0 Å². The van der Waals surface area contributed by atoms with Crippen LogP contribution < -0.4 is 9.47 Å². The van der Waals surface area contributed by atoms with Crippen LogP contribution in [-0.2, 0) is 7.05 Å². The van der Waals surface area contributed by atoms with Crippen molar-refractivity contribution in [3.8, 4) is 23.0 Å². The Morgan fingerprint density at radius 3 is 2.52 bits per heavy atom. The van der Waals surface area contributed by atoms with E-state index in [0.29, 0.717) is 22.3 Å². The molecule has 0 aliphatic carbocycles. The summed E-state index contributed by atoms with van der Waals surface area (Å²) in [4.78, 5) is 9.09. The van der Waals surface area contributed by atoms with E-state index in [2.05, 4.69) is 25.9 Å². The largest absolute Gasteiger partial charge is 0.496 e. The molecule has 0 N–H and O–H groups in total. The zero-order valence-corrected chi connectivity index (χ0v) is 15.5. The standard InChI is InChI=1S/C16H15BrClN3O2/c1-8-5-9(18)6-12(22-3)13(8)15-19-14-11(21(15)2)7-10(17)16(20-14)23-4/h5-7H,1-4H3. The number of pyridine rings is 1. The minimum absolute atomic E-state index is 0.502. The van der Waals surface area contributed by atoms with Gasteiger partial charge in [-0.25, -0.2) is 4.98 Å². The molecule has 2 heterocycles. The van der Waals surface area contributed by atoms with Crippen LogP contribution in [0.2, 0.25) is 5.02 Å². The Balaban J connectivity index is 2.31. The van der Waals surface area contributed by atoms with Gasteiger partial charge >= 0.3 is 0 Å². The van der Waals surface area contributed by atoms with Crippen LogP contribution in [0.15, 0.2) is 22.7 Å². The predicted octanol–water partition coefficient (Wildman–Crippen LogP) is 4.38. The number of imidazole rings is 1. The van der Waals surface area contributed by atoms with Gasteiger partial charge in [-0.15, -0.1) is 0 Å². The maximum atomic E-state index is 6.12. The van der Waals surface area contributed by atoms with Gasteiger partial charge in [0.25, 0.3) is 0 Å². The van der Waals surface area contributed by atoms with E-state index in [4.69, 9.17) is 21.1 Å². The van der Waals surface area contributed by atoms with Crippen molar-refractivity contribution in [1.82, 2.24) is 14.5 Å². The molecule has 0 saturated carbocycles. The van der Waals surface area contributed by atoms with Crippen LogP contribution in [0.5, 0.6) is 11.6 Å². The summed E-state index contributed by atoms with van der Waals surface area (Å²) in [5.41, 5.74) is 3.38. The molecule has 3 rings (SSSR count). The average molecular weight is 397 g/mol. The number of fused-ring (bicyclic) bond motifs is 1. The van der Waals surface area contributed by atoms with Gasteiger partial charge in [-0.1, -0.05) is 11.6 Å². The first-order valence-corrected chi connectivity index (χ1v) is 8.04. The van der Waals surface area contributed by atoms with Crippen molar-refractivity contribution in [1.29, 1.82) is 0 Å². The molecule has 2 aromatic heterocycles. The first kappa shape index (κ1) is 16.1. The highest BCUT2D eigenvalue weighted by atomic mass is 79.9. The van der Waals surface area contributed by atoms with Crippen molar-refractivity contribution in [3.63, 3.8) is 0 Å². The fourth-order valence-electron chi connectivity index (χ4n) is 2.60. The number of ether oxygens (including phenoxy) is 2. The van der Waals surface area contributed by atoms with Gasteiger partial charge in [0.2, 0.25) is 5.88 Å². The molecule has 3 aromatic rings. The number of rotatable bonds is 3. The molecule has 0 aliphatic rings. The Bertz CT molecular complexity index is 908. The lowest BCUT2D eigenvalue weighted by atomic mass is 10.1. The molecule has 0 bridgehead atoms. The molecule has 0 radical (unpaired) electrons. The van der Waals surface area contributed by atoms with E-state index in [1.54, 1.807) is 20.3 Å². The third kappa shape index (κ3) is 2.66. The van der Waals surface area contributed by atoms with Crippen LogP contribution >= 0.6 is 27.5 Å². The molecule has 0 aliphatic heterocycles. The summed E-state index contributed by atoms with van der Waals surface area (Å²) in [6.45, 7) is 1.98. The molecule has 0 fully saturated rings. The molecule has 0 spiro atoms. The molecule has 0 unspecified atom stereocenters. The number of methoxy groups -OCH3 is 2. The second kappa shape index (κ2) is 6.02. The van der Waals surface area contributed by atoms with Crippen LogP contribution in [0.25, 0.3) is 22.6 Å². The van der Waals surface area contributed by atoms with E-state index in [1.165, 1.54) is 0 Å². The fraction of sp³-hybridized carbons (Fsp3) is 0.250. The maximum absolute atomic E-state index is 6.12. The normalized spacial score (nSPS) is 11.0. The lowest BCUT2D eigenvalue weighted by Gasteiger charge is -2.12. The van der Waals surface area contributed by atoms with E-state index in [0.717, 1.165) is 26.9 Å². The van der Waals surface area contributed by atoms with E-state index >= 15 is 0 Å². The number of aryl methyl sites for hydroxylation is 2. The molecule has 120 valence electrons. The van der Waals surface area contributed by atoms with Gasteiger partial charge in [-0.2, -0.15) is 4.98 Å². The SMILES string of the molecule is COc1cc(Cl)cc(C)c1-c1nc2nc(OC)c(Br)cc2n1C. The number of hydrogen-bond donors (Lipinski definition) is 0. The van der Waals surface area contributed by atoms with Crippen LogP contribution in [-0.4, -0.2) is 28.8 Å². The quantitative estimate of drug-likeness (QED) is 0.659. The number of halogens is 2. The molecule has 1 aromatic carbocycles. The van der Waals surface area contributed by atoms with E-state index in [-0.39, 0.29) is 0 Å². The molecule has 5 nitrogen and oxygen atoms in total. The lowest BCUT2D eigenvalue weighted by molar-refractivity contribution is 0.396. The summed E-state index contributed by atoms with van der Waals surface area (Å²) in [6.07, 6.45) is 0. The highest BCUT2D eigenvalue weighted by Gasteiger charge is 2.19. The third-order valence-electron chi connectivity index (χ3n) is 3.70. The summed E-state index contributed by atoms with van der Waals surface area (Å²) in [5, 5.41) is 0.629. The van der Waals surface area contributed by atoms with Gasteiger partial charge in [0.1, 0.15) is 11.6 Å². The molecule has 7 heteroatoms. The minimum Gasteiger partial charge on any atom is -0.496 e. The number of aromatic nitrogens is 3. The van der Waals surface area contributed by atoms with Crippen molar-refractivity contribution >= 4 is 38.7 Å². The third-order valence-corrected chi connectivity index (χ3v) is 4.48. The van der Waals surface area contributed by atoms with Gasteiger partial charge in [0.05, 0.1) is 29.8 Å². The number of nitrogens with zero attached hydrogens (tertiary/aromatic N) is 3. The predicted molar refractivity (Wildman–Crippen MR) is 94.5 cm³/mol. The van der Waals surface area contributed by atoms with E-state index in [1.807, 2.05) is 30.7 Å². The Labute approximate surface area is 147 Å². The van der Waals surface area contributed by atoms with Gasteiger partial charge < -0.3 is 14.0 Å². The molecular formula is C16H15BrClN3O2. The minimum atomic E-state index is 0.502. The van der Waals surface area contributed by atoms with Crippen molar-refractivity contribution in [2.75, 3.05) is 14.2 Å². The summed E-state index contributed by atoms with van der Waals surface area (Å²) < 4.78 is 13.5. The van der Waals surface area contributed by atoms with Crippen molar-refractivity contribution in [3.05, 3.63) is 33.3 Å². The zero-order chi connectivity index (χ0) is 16.7. The van der Waals surface area contributed by atoms with Crippen LogP contribution in [0.3, 0.4) is 0 Å². The molecule has 23 heavy (non-hydrogen) atoms. The topological polar surface area (TPSA) is 49.2 Å². The van der Waals surface area contributed by atoms with Gasteiger partial charge in [0.15, 0.2) is 5.65 Å². The highest BCUT2D eigenvalue weighted by Crippen LogP contribution is 2.37. The summed E-state index contributed by atoms with van der Waals surface area (Å²) in [5.74, 6) is 1.94.